The highest BCUT2D eigenvalue weighted by Crippen LogP contribution is 2.44. The Morgan fingerprint density at radius 3 is 3.00 bits per heavy atom. The number of ether oxygens (including phenoxy) is 1. The van der Waals surface area contributed by atoms with Crippen LogP contribution in [0.25, 0.3) is 10.9 Å². The van der Waals surface area contributed by atoms with E-state index in [9.17, 15) is 5.11 Å². The summed E-state index contributed by atoms with van der Waals surface area (Å²) >= 11 is 0. The first-order valence-electron chi connectivity index (χ1n) is 8.92. The van der Waals surface area contributed by atoms with E-state index in [1.54, 1.807) is 25.4 Å². The lowest BCUT2D eigenvalue weighted by molar-refractivity contribution is -0.230. The number of rotatable bonds is 3. The Balaban J connectivity index is 1.94. The van der Waals surface area contributed by atoms with Crippen molar-refractivity contribution in [2.75, 3.05) is 20.6 Å². The van der Waals surface area contributed by atoms with E-state index in [2.05, 4.69) is 53.2 Å². The quantitative estimate of drug-likeness (QED) is 0.683. The zero-order valence-corrected chi connectivity index (χ0v) is 15.6. The number of aromatic nitrogens is 1. The van der Waals surface area contributed by atoms with Crippen molar-refractivity contribution in [1.29, 1.82) is 0 Å². The van der Waals surface area contributed by atoms with Crippen LogP contribution in [0.1, 0.15) is 22.9 Å². The first-order valence-corrected chi connectivity index (χ1v) is 8.92. The normalized spacial score (nSPS) is 26.5. The van der Waals surface area contributed by atoms with E-state index in [-0.39, 0.29) is 6.10 Å². The van der Waals surface area contributed by atoms with E-state index in [0.29, 0.717) is 12.1 Å². The Morgan fingerprint density at radius 2 is 2.27 bits per heavy atom. The molecule has 0 bridgehead atoms. The van der Waals surface area contributed by atoms with Gasteiger partial charge in [0.25, 0.3) is 0 Å². The van der Waals surface area contributed by atoms with E-state index in [1.807, 2.05) is 0 Å². The second kappa shape index (κ2) is 6.20. The largest absolute Gasteiger partial charge is 0.360 e. The van der Waals surface area contributed by atoms with Gasteiger partial charge in [0, 0.05) is 42.8 Å². The molecule has 2 unspecified atom stereocenters. The molecule has 26 heavy (non-hydrogen) atoms. The second-order valence-electron chi connectivity index (χ2n) is 7.30. The van der Waals surface area contributed by atoms with Crippen molar-refractivity contribution in [2.24, 2.45) is 4.99 Å². The maximum Gasteiger partial charge on any atom is 0.213 e. The molecule has 0 saturated carbocycles. The lowest BCUT2D eigenvalue weighted by Gasteiger charge is -2.43. The standard InChI is InChI=1S/C21H25N3O2/c1-5-6-15(10-22-3)21(25)13-24-18-8-7-14(2)9-16(18)17-11-23(4)12-19(26-21)20(17)24/h5-10,19,25H,1,11-13H2,2-4H3/b15-6+,22-10?. The van der Waals surface area contributed by atoms with E-state index < -0.39 is 5.79 Å². The molecule has 1 aromatic carbocycles. The third-order valence-electron chi connectivity index (χ3n) is 5.30. The highest BCUT2D eigenvalue weighted by atomic mass is 16.6. The van der Waals surface area contributed by atoms with E-state index in [1.165, 1.54) is 22.2 Å². The van der Waals surface area contributed by atoms with Gasteiger partial charge in [0.1, 0.15) is 6.10 Å². The summed E-state index contributed by atoms with van der Waals surface area (Å²) in [6, 6.07) is 6.51. The van der Waals surface area contributed by atoms with E-state index in [0.717, 1.165) is 18.6 Å². The average molecular weight is 351 g/mol. The number of likely N-dealkylation sites (N-methyl/N-ethyl adjacent to an activating group) is 1. The summed E-state index contributed by atoms with van der Waals surface area (Å²) in [7, 11) is 3.78. The zero-order chi connectivity index (χ0) is 18.5. The summed E-state index contributed by atoms with van der Waals surface area (Å²) in [5.41, 5.74) is 5.50. The first kappa shape index (κ1) is 17.2. The summed E-state index contributed by atoms with van der Waals surface area (Å²) < 4.78 is 8.49. The molecular formula is C21H25N3O2. The number of hydrogen-bond donors (Lipinski definition) is 1. The number of nitrogens with zero attached hydrogens (tertiary/aromatic N) is 3. The van der Waals surface area contributed by atoms with Gasteiger partial charge in [-0.2, -0.15) is 0 Å². The molecule has 2 aliphatic heterocycles. The predicted molar refractivity (Wildman–Crippen MR) is 104 cm³/mol. The molecule has 2 aromatic rings. The van der Waals surface area contributed by atoms with Crippen molar-refractivity contribution in [3.8, 4) is 0 Å². The third-order valence-corrected chi connectivity index (χ3v) is 5.30. The van der Waals surface area contributed by atoms with Gasteiger partial charge < -0.3 is 14.4 Å². The molecule has 2 atom stereocenters. The molecule has 0 spiro atoms. The van der Waals surface area contributed by atoms with Crippen LogP contribution in [0.15, 0.2) is 47.5 Å². The number of allylic oxidation sites excluding steroid dienone is 2. The Kier molecular flexibility index (Phi) is 4.10. The van der Waals surface area contributed by atoms with Gasteiger partial charge >= 0.3 is 0 Å². The van der Waals surface area contributed by atoms with Crippen LogP contribution in [-0.4, -0.2) is 47.2 Å². The summed E-state index contributed by atoms with van der Waals surface area (Å²) in [5.74, 6) is -1.43. The van der Waals surface area contributed by atoms with Crippen molar-refractivity contribution in [3.05, 3.63) is 59.3 Å². The number of hydrogen-bond acceptors (Lipinski definition) is 4. The number of benzene rings is 1. The molecule has 4 rings (SSSR count). The molecular weight excluding hydrogens is 326 g/mol. The molecule has 0 amide bonds. The van der Waals surface area contributed by atoms with Crippen molar-refractivity contribution in [3.63, 3.8) is 0 Å². The fraction of sp³-hybridized carbons (Fsp3) is 0.381. The second-order valence-corrected chi connectivity index (χ2v) is 7.30. The van der Waals surface area contributed by atoms with E-state index >= 15 is 0 Å². The molecule has 1 aromatic heterocycles. The van der Waals surface area contributed by atoms with Crippen LogP contribution in [-0.2, 0) is 17.8 Å². The van der Waals surface area contributed by atoms with Gasteiger partial charge in [-0.3, -0.25) is 9.89 Å². The molecule has 1 N–H and O–H groups in total. The third kappa shape index (κ3) is 2.55. The summed E-state index contributed by atoms with van der Waals surface area (Å²) in [5, 5.41) is 12.7. The molecule has 0 saturated heterocycles. The van der Waals surface area contributed by atoms with Crippen LogP contribution in [0.4, 0.5) is 0 Å². The first-order chi connectivity index (χ1) is 12.5. The Bertz CT molecular complexity index is 940. The summed E-state index contributed by atoms with van der Waals surface area (Å²) in [6.45, 7) is 7.85. The number of aliphatic hydroxyl groups is 1. The molecule has 2 aliphatic rings. The number of aryl methyl sites for hydroxylation is 1. The molecule has 0 aliphatic carbocycles. The van der Waals surface area contributed by atoms with Crippen molar-refractivity contribution < 1.29 is 9.84 Å². The lowest BCUT2D eigenvalue weighted by Crippen LogP contribution is -2.49. The minimum Gasteiger partial charge on any atom is -0.360 e. The fourth-order valence-electron chi connectivity index (χ4n) is 4.25. The number of fused-ring (bicyclic) bond motifs is 3. The van der Waals surface area contributed by atoms with Gasteiger partial charge in [0.05, 0.1) is 12.2 Å². The Hall–Kier alpha value is -2.21. The molecule has 5 nitrogen and oxygen atoms in total. The highest BCUT2D eigenvalue weighted by Gasteiger charge is 2.45. The number of aliphatic imine (C=N–C) groups is 1. The average Bonchev–Trinajstić information content (AvgIpc) is 2.88. The van der Waals surface area contributed by atoms with Gasteiger partial charge in [-0.25, -0.2) is 0 Å². The van der Waals surface area contributed by atoms with Crippen molar-refractivity contribution >= 4 is 17.1 Å². The van der Waals surface area contributed by atoms with Crippen LogP contribution in [0, 0.1) is 6.92 Å². The van der Waals surface area contributed by atoms with Gasteiger partial charge in [-0.15, -0.1) is 0 Å². The van der Waals surface area contributed by atoms with Crippen LogP contribution < -0.4 is 0 Å². The Labute approximate surface area is 153 Å². The monoisotopic (exact) mass is 351 g/mol. The SMILES string of the molecule is C=C/C=C(\C=NC)C1(O)Cn2c3c(c4cc(C)ccc42)CN(C)CC3O1. The van der Waals surface area contributed by atoms with Crippen LogP contribution in [0.3, 0.4) is 0 Å². The van der Waals surface area contributed by atoms with Crippen LogP contribution in [0.2, 0.25) is 0 Å². The maximum absolute atomic E-state index is 11.4. The summed E-state index contributed by atoms with van der Waals surface area (Å²) in [6.07, 6.45) is 4.88. The molecule has 0 radical (unpaired) electrons. The fourth-order valence-corrected chi connectivity index (χ4v) is 4.25. The van der Waals surface area contributed by atoms with E-state index in [4.69, 9.17) is 4.74 Å². The van der Waals surface area contributed by atoms with Gasteiger partial charge in [0.2, 0.25) is 5.79 Å². The molecule has 0 fully saturated rings. The van der Waals surface area contributed by atoms with Crippen molar-refractivity contribution in [2.45, 2.75) is 31.9 Å². The minimum absolute atomic E-state index is 0.186. The topological polar surface area (TPSA) is 50.0 Å². The van der Waals surface area contributed by atoms with Gasteiger partial charge in [0.15, 0.2) is 0 Å². The van der Waals surface area contributed by atoms with Gasteiger partial charge in [-0.1, -0.05) is 30.4 Å². The Morgan fingerprint density at radius 1 is 1.46 bits per heavy atom. The predicted octanol–water partition coefficient (Wildman–Crippen LogP) is 2.97. The van der Waals surface area contributed by atoms with Gasteiger partial charge in [-0.05, 0) is 31.7 Å². The molecule has 5 heteroatoms. The minimum atomic E-state index is -1.43. The smallest absolute Gasteiger partial charge is 0.213 e. The molecule has 136 valence electrons. The van der Waals surface area contributed by atoms with Crippen molar-refractivity contribution in [1.82, 2.24) is 9.47 Å². The summed E-state index contributed by atoms with van der Waals surface area (Å²) in [4.78, 5) is 6.33. The maximum atomic E-state index is 11.4. The van der Waals surface area contributed by atoms with Crippen LogP contribution in [0.5, 0.6) is 0 Å². The molecule has 3 heterocycles. The zero-order valence-electron chi connectivity index (χ0n) is 15.6. The lowest BCUT2D eigenvalue weighted by atomic mass is 9.98. The van der Waals surface area contributed by atoms with Crippen LogP contribution >= 0.6 is 0 Å². The highest BCUT2D eigenvalue weighted by molar-refractivity contribution is 5.87.